The summed E-state index contributed by atoms with van der Waals surface area (Å²) < 4.78 is 48.0. The molecule has 0 unspecified atom stereocenters. The summed E-state index contributed by atoms with van der Waals surface area (Å²) in [5, 5.41) is 16.4. The monoisotopic (exact) mass is 345 g/mol. The standard InChI is InChI=1S/C15H18F3N3O3/c16-15(17,18)7-13-19-20-14(24-13)12-3-1-2-6-21(12)8-10-4-5-11(9-22)23-10/h4-5,12,22H,1-3,6-9H2/t12-/m0/s1. The summed E-state index contributed by atoms with van der Waals surface area (Å²) in [6.07, 6.45) is -2.93. The van der Waals surface area contributed by atoms with E-state index in [0.29, 0.717) is 18.1 Å². The van der Waals surface area contributed by atoms with Crippen LogP contribution in [0.5, 0.6) is 0 Å². The Hall–Kier alpha value is -1.87. The van der Waals surface area contributed by atoms with Gasteiger partial charge in [-0.05, 0) is 31.5 Å². The number of piperidine rings is 1. The number of rotatable bonds is 5. The number of halogens is 3. The smallest absolute Gasteiger partial charge is 0.397 e. The second-order valence-corrected chi connectivity index (χ2v) is 5.83. The molecule has 0 radical (unpaired) electrons. The number of furan rings is 1. The van der Waals surface area contributed by atoms with Crippen LogP contribution >= 0.6 is 0 Å². The molecule has 0 aliphatic carbocycles. The maximum absolute atomic E-state index is 12.4. The molecule has 1 aliphatic heterocycles. The fourth-order valence-corrected chi connectivity index (χ4v) is 2.90. The number of alkyl halides is 3. The normalized spacial score (nSPS) is 19.8. The van der Waals surface area contributed by atoms with Gasteiger partial charge >= 0.3 is 6.18 Å². The number of likely N-dealkylation sites (tertiary alicyclic amines) is 1. The van der Waals surface area contributed by atoms with Gasteiger partial charge in [-0.1, -0.05) is 6.42 Å². The van der Waals surface area contributed by atoms with Crippen LogP contribution in [0.3, 0.4) is 0 Å². The zero-order chi connectivity index (χ0) is 17.2. The van der Waals surface area contributed by atoms with Crippen LogP contribution in [-0.2, 0) is 19.6 Å². The van der Waals surface area contributed by atoms with E-state index in [9.17, 15) is 13.2 Å². The molecule has 3 heterocycles. The van der Waals surface area contributed by atoms with Crippen LogP contribution in [0.2, 0.25) is 0 Å². The first-order chi connectivity index (χ1) is 11.4. The first-order valence-corrected chi connectivity index (χ1v) is 7.76. The molecule has 2 aromatic heterocycles. The molecule has 3 rings (SSSR count). The van der Waals surface area contributed by atoms with E-state index in [2.05, 4.69) is 10.2 Å². The SMILES string of the molecule is OCc1ccc(CN2CCCC[C@H]2c2nnc(CC(F)(F)F)o2)o1. The van der Waals surface area contributed by atoms with Gasteiger partial charge in [0.2, 0.25) is 11.8 Å². The second-order valence-electron chi connectivity index (χ2n) is 5.83. The van der Waals surface area contributed by atoms with E-state index >= 15 is 0 Å². The lowest BCUT2D eigenvalue weighted by molar-refractivity contribution is -0.131. The third kappa shape index (κ3) is 4.15. The highest BCUT2D eigenvalue weighted by molar-refractivity contribution is 5.07. The number of hydrogen-bond acceptors (Lipinski definition) is 6. The molecule has 0 bridgehead atoms. The van der Waals surface area contributed by atoms with Crippen molar-refractivity contribution in [3.05, 3.63) is 35.4 Å². The maximum atomic E-state index is 12.4. The van der Waals surface area contributed by atoms with E-state index in [1.165, 1.54) is 0 Å². The lowest BCUT2D eigenvalue weighted by atomic mass is 10.0. The van der Waals surface area contributed by atoms with Crippen molar-refractivity contribution in [2.45, 2.75) is 51.1 Å². The van der Waals surface area contributed by atoms with Crippen molar-refractivity contribution < 1.29 is 27.1 Å². The maximum Gasteiger partial charge on any atom is 0.397 e. The highest BCUT2D eigenvalue weighted by Crippen LogP contribution is 2.32. The van der Waals surface area contributed by atoms with Crippen LogP contribution in [0.4, 0.5) is 13.2 Å². The third-order valence-electron chi connectivity index (χ3n) is 3.96. The summed E-state index contributed by atoms with van der Waals surface area (Å²) in [6, 6.07) is 3.25. The number of nitrogens with zero attached hydrogens (tertiary/aromatic N) is 3. The van der Waals surface area contributed by atoms with Crippen LogP contribution in [0.15, 0.2) is 21.0 Å². The van der Waals surface area contributed by atoms with Gasteiger partial charge < -0.3 is 13.9 Å². The van der Waals surface area contributed by atoms with Crippen LogP contribution in [-0.4, -0.2) is 32.9 Å². The average molecular weight is 345 g/mol. The van der Waals surface area contributed by atoms with Gasteiger partial charge in [-0.3, -0.25) is 4.90 Å². The Kier molecular flexibility index (Phi) is 4.91. The van der Waals surface area contributed by atoms with Crippen LogP contribution < -0.4 is 0 Å². The van der Waals surface area contributed by atoms with Gasteiger partial charge in [0.15, 0.2) is 0 Å². The minimum absolute atomic E-state index is 0.173. The third-order valence-corrected chi connectivity index (χ3v) is 3.96. The Morgan fingerprint density at radius 1 is 1.17 bits per heavy atom. The lowest BCUT2D eigenvalue weighted by Gasteiger charge is -2.32. The minimum atomic E-state index is -4.37. The molecule has 6 nitrogen and oxygen atoms in total. The highest BCUT2D eigenvalue weighted by atomic mass is 19.4. The first-order valence-electron chi connectivity index (χ1n) is 7.76. The van der Waals surface area contributed by atoms with Gasteiger partial charge in [-0.25, -0.2) is 0 Å². The van der Waals surface area contributed by atoms with E-state index in [1.807, 2.05) is 4.90 Å². The Bertz CT molecular complexity index is 668. The van der Waals surface area contributed by atoms with Gasteiger partial charge in [0, 0.05) is 0 Å². The minimum Gasteiger partial charge on any atom is -0.462 e. The highest BCUT2D eigenvalue weighted by Gasteiger charge is 2.33. The van der Waals surface area contributed by atoms with Crippen LogP contribution in [0.1, 0.15) is 48.6 Å². The molecule has 0 aromatic carbocycles. The van der Waals surface area contributed by atoms with E-state index in [1.54, 1.807) is 12.1 Å². The Morgan fingerprint density at radius 3 is 2.67 bits per heavy atom. The van der Waals surface area contributed by atoms with Gasteiger partial charge in [-0.15, -0.1) is 10.2 Å². The molecule has 1 atom stereocenters. The molecular weight excluding hydrogens is 327 g/mol. The van der Waals surface area contributed by atoms with Crippen molar-refractivity contribution in [2.75, 3.05) is 6.54 Å². The quantitative estimate of drug-likeness (QED) is 0.898. The number of aliphatic hydroxyl groups is 1. The van der Waals surface area contributed by atoms with Crippen LogP contribution in [0.25, 0.3) is 0 Å². The zero-order valence-electron chi connectivity index (χ0n) is 12.9. The number of aromatic nitrogens is 2. The summed E-state index contributed by atoms with van der Waals surface area (Å²) in [6.45, 7) is 1.06. The average Bonchev–Trinajstić information content (AvgIpc) is 3.15. The van der Waals surface area contributed by atoms with E-state index < -0.39 is 18.5 Å². The van der Waals surface area contributed by atoms with Gasteiger partial charge in [0.1, 0.15) is 24.5 Å². The zero-order valence-corrected chi connectivity index (χ0v) is 12.9. The molecular formula is C15H18F3N3O3. The van der Waals surface area contributed by atoms with Crippen molar-refractivity contribution in [1.29, 1.82) is 0 Å². The molecule has 9 heteroatoms. The Morgan fingerprint density at radius 2 is 1.96 bits per heavy atom. The van der Waals surface area contributed by atoms with Gasteiger partial charge in [0.05, 0.1) is 12.6 Å². The predicted molar refractivity (Wildman–Crippen MR) is 75.7 cm³/mol. The van der Waals surface area contributed by atoms with Crippen molar-refractivity contribution in [1.82, 2.24) is 15.1 Å². The predicted octanol–water partition coefficient (Wildman–Crippen LogP) is 2.99. The molecule has 132 valence electrons. The lowest BCUT2D eigenvalue weighted by Crippen LogP contribution is -2.33. The van der Waals surface area contributed by atoms with E-state index in [4.69, 9.17) is 13.9 Å². The molecule has 1 saturated heterocycles. The van der Waals surface area contributed by atoms with Crippen molar-refractivity contribution >= 4 is 0 Å². The van der Waals surface area contributed by atoms with Crippen molar-refractivity contribution in [3.8, 4) is 0 Å². The molecule has 0 spiro atoms. The van der Waals surface area contributed by atoms with Gasteiger partial charge in [-0.2, -0.15) is 13.2 Å². The molecule has 1 N–H and O–H groups in total. The molecule has 0 saturated carbocycles. The summed E-state index contributed by atoms with van der Waals surface area (Å²) in [4.78, 5) is 2.05. The molecule has 1 fully saturated rings. The van der Waals surface area contributed by atoms with E-state index in [0.717, 1.165) is 25.8 Å². The topological polar surface area (TPSA) is 75.5 Å². The van der Waals surface area contributed by atoms with Crippen molar-refractivity contribution in [2.24, 2.45) is 0 Å². The molecule has 2 aromatic rings. The van der Waals surface area contributed by atoms with Gasteiger partial charge in [0.25, 0.3) is 0 Å². The van der Waals surface area contributed by atoms with Crippen LogP contribution in [0, 0.1) is 0 Å². The number of hydrogen-bond donors (Lipinski definition) is 1. The summed E-state index contributed by atoms with van der Waals surface area (Å²) >= 11 is 0. The summed E-state index contributed by atoms with van der Waals surface area (Å²) in [7, 11) is 0. The molecule has 0 amide bonds. The molecule has 1 aliphatic rings. The largest absolute Gasteiger partial charge is 0.462 e. The summed E-state index contributed by atoms with van der Waals surface area (Å²) in [5.41, 5.74) is 0. The summed E-state index contributed by atoms with van der Waals surface area (Å²) in [5.74, 6) is 0.955. The Labute approximate surface area is 136 Å². The van der Waals surface area contributed by atoms with E-state index in [-0.39, 0.29) is 18.5 Å². The second kappa shape index (κ2) is 6.94. The fourth-order valence-electron chi connectivity index (χ4n) is 2.90. The number of aliphatic hydroxyl groups excluding tert-OH is 1. The fraction of sp³-hybridized carbons (Fsp3) is 0.600. The Balaban J connectivity index is 1.72. The molecule has 24 heavy (non-hydrogen) atoms. The first kappa shape index (κ1) is 17.0. The van der Waals surface area contributed by atoms with Crippen molar-refractivity contribution in [3.63, 3.8) is 0 Å².